The molecule has 0 bridgehead atoms. The van der Waals surface area contributed by atoms with Crippen LogP contribution >= 0.6 is 23.1 Å². The maximum Gasteiger partial charge on any atom is 0.316 e. The van der Waals surface area contributed by atoms with Crippen LogP contribution in [0.15, 0.2) is 28.6 Å². The molecule has 0 saturated carbocycles. The summed E-state index contributed by atoms with van der Waals surface area (Å²) < 4.78 is 1.91. The van der Waals surface area contributed by atoms with Crippen molar-refractivity contribution in [3.63, 3.8) is 0 Å². The van der Waals surface area contributed by atoms with Crippen LogP contribution in [-0.4, -0.2) is 21.3 Å². The summed E-state index contributed by atoms with van der Waals surface area (Å²) in [5, 5.41) is 8.32. The van der Waals surface area contributed by atoms with E-state index in [0.29, 0.717) is 0 Å². The highest BCUT2D eigenvalue weighted by molar-refractivity contribution is 8.02. The van der Waals surface area contributed by atoms with Gasteiger partial charge in [-0.15, -0.1) is 11.3 Å². The minimum atomic E-state index is -0.806. The molecule has 0 aliphatic carbocycles. The molecule has 3 nitrogen and oxygen atoms in total. The molecule has 0 radical (unpaired) electrons. The van der Waals surface area contributed by atoms with Crippen LogP contribution in [0.5, 0.6) is 0 Å². The van der Waals surface area contributed by atoms with Crippen molar-refractivity contribution in [2.45, 2.75) is 16.5 Å². The van der Waals surface area contributed by atoms with Crippen molar-refractivity contribution in [1.82, 2.24) is 4.98 Å². The Balaban J connectivity index is 2.26. The van der Waals surface area contributed by atoms with Crippen molar-refractivity contribution in [1.29, 1.82) is 0 Å². The maximum atomic E-state index is 10.7. The highest BCUT2D eigenvalue weighted by Gasteiger charge is 2.14. The Morgan fingerprint density at radius 1 is 1.53 bits per heavy atom. The Labute approximate surface area is 95.1 Å². The molecule has 0 aliphatic rings. The molecule has 1 aromatic carbocycles. The van der Waals surface area contributed by atoms with Crippen LogP contribution in [-0.2, 0) is 4.79 Å². The molecule has 0 unspecified atom stereocenters. The second kappa shape index (κ2) is 4.20. The van der Waals surface area contributed by atoms with Gasteiger partial charge < -0.3 is 5.11 Å². The van der Waals surface area contributed by atoms with E-state index in [0.717, 1.165) is 14.6 Å². The number of fused-ring (bicyclic) bond motifs is 1. The predicted octanol–water partition coefficient (Wildman–Crippen LogP) is 2.86. The number of aliphatic carboxylic acids is 1. The van der Waals surface area contributed by atoms with E-state index in [1.54, 1.807) is 6.92 Å². The van der Waals surface area contributed by atoms with E-state index in [1.165, 1.54) is 23.1 Å². The van der Waals surface area contributed by atoms with Gasteiger partial charge in [-0.1, -0.05) is 23.9 Å². The molecule has 0 spiro atoms. The van der Waals surface area contributed by atoms with Crippen LogP contribution in [0.1, 0.15) is 6.92 Å². The van der Waals surface area contributed by atoms with Crippen LogP contribution in [0, 0.1) is 0 Å². The summed E-state index contributed by atoms with van der Waals surface area (Å²) in [7, 11) is 0. The molecule has 1 aromatic heterocycles. The van der Waals surface area contributed by atoms with E-state index in [1.807, 2.05) is 24.3 Å². The molecule has 1 atom stereocenters. The topological polar surface area (TPSA) is 50.2 Å². The average molecular weight is 239 g/mol. The molecule has 15 heavy (non-hydrogen) atoms. The van der Waals surface area contributed by atoms with Gasteiger partial charge in [0.05, 0.1) is 10.2 Å². The first-order valence-corrected chi connectivity index (χ1v) is 6.11. The standard InChI is InChI=1S/C10H9NO2S2/c1-6(9(12)13)14-10-11-7-4-2-3-5-8(7)15-10/h2-6H,1H3,(H,12,13)/t6-/m0/s1. The molecule has 1 N–H and O–H groups in total. The number of carbonyl (C=O) groups is 1. The van der Waals surface area contributed by atoms with Crippen LogP contribution in [0.2, 0.25) is 0 Å². The summed E-state index contributed by atoms with van der Waals surface area (Å²) in [4.78, 5) is 15.0. The van der Waals surface area contributed by atoms with Crippen LogP contribution < -0.4 is 0 Å². The lowest BCUT2D eigenvalue weighted by Gasteiger charge is -2.00. The third kappa shape index (κ3) is 2.30. The van der Waals surface area contributed by atoms with E-state index in [-0.39, 0.29) is 0 Å². The number of hydrogen-bond donors (Lipinski definition) is 1. The van der Waals surface area contributed by atoms with Gasteiger partial charge in [-0.3, -0.25) is 4.79 Å². The largest absolute Gasteiger partial charge is 0.480 e. The minimum absolute atomic E-state index is 0.453. The number of para-hydroxylation sites is 1. The molecule has 0 amide bonds. The summed E-state index contributed by atoms with van der Waals surface area (Å²) in [6, 6.07) is 7.80. The normalized spacial score (nSPS) is 12.9. The number of hydrogen-bond acceptors (Lipinski definition) is 4. The van der Waals surface area contributed by atoms with Crippen LogP contribution in [0.3, 0.4) is 0 Å². The van der Waals surface area contributed by atoms with Gasteiger partial charge in [0.1, 0.15) is 5.25 Å². The molecule has 0 fully saturated rings. The average Bonchev–Trinajstić information content (AvgIpc) is 2.59. The fourth-order valence-corrected chi connectivity index (χ4v) is 3.25. The number of rotatable bonds is 3. The zero-order chi connectivity index (χ0) is 10.8. The third-order valence-electron chi connectivity index (χ3n) is 1.90. The van der Waals surface area contributed by atoms with Crippen molar-refractivity contribution in [3.05, 3.63) is 24.3 Å². The van der Waals surface area contributed by atoms with Crippen molar-refractivity contribution in [2.24, 2.45) is 0 Å². The number of aromatic nitrogens is 1. The van der Waals surface area contributed by atoms with Crippen molar-refractivity contribution in [3.8, 4) is 0 Å². The number of nitrogens with zero attached hydrogens (tertiary/aromatic N) is 1. The number of thiazole rings is 1. The summed E-state index contributed by atoms with van der Waals surface area (Å²) in [6.45, 7) is 1.67. The van der Waals surface area contributed by atoms with Gasteiger partial charge in [0.2, 0.25) is 0 Å². The zero-order valence-corrected chi connectivity index (χ0v) is 9.64. The summed E-state index contributed by atoms with van der Waals surface area (Å²) in [5.74, 6) is -0.806. The van der Waals surface area contributed by atoms with Gasteiger partial charge in [0.15, 0.2) is 4.34 Å². The number of carboxylic acids is 1. The highest BCUT2D eigenvalue weighted by atomic mass is 32.2. The molecule has 5 heteroatoms. The fraction of sp³-hybridized carbons (Fsp3) is 0.200. The SMILES string of the molecule is C[C@H](Sc1nc2ccccc2s1)C(=O)O. The van der Waals surface area contributed by atoms with E-state index in [4.69, 9.17) is 5.11 Å². The van der Waals surface area contributed by atoms with Gasteiger partial charge >= 0.3 is 5.97 Å². The number of thioether (sulfide) groups is 1. The molecule has 2 rings (SSSR count). The fourth-order valence-electron chi connectivity index (χ4n) is 1.10. The molecular weight excluding hydrogens is 230 g/mol. The van der Waals surface area contributed by atoms with E-state index >= 15 is 0 Å². The Morgan fingerprint density at radius 2 is 2.27 bits per heavy atom. The summed E-state index contributed by atoms with van der Waals surface area (Å²) in [6.07, 6.45) is 0. The molecule has 1 heterocycles. The Kier molecular flexibility index (Phi) is 2.93. The molecule has 78 valence electrons. The highest BCUT2D eigenvalue weighted by Crippen LogP contribution is 2.31. The molecule has 0 saturated heterocycles. The van der Waals surface area contributed by atoms with Crippen molar-refractivity contribution < 1.29 is 9.90 Å². The summed E-state index contributed by atoms with van der Waals surface area (Å²) >= 11 is 2.82. The first-order valence-electron chi connectivity index (χ1n) is 4.42. The minimum Gasteiger partial charge on any atom is -0.480 e. The Morgan fingerprint density at radius 3 is 2.93 bits per heavy atom. The van der Waals surface area contributed by atoms with Crippen LogP contribution in [0.25, 0.3) is 10.2 Å². The monoisotopic (exact) mass is 239 g/mol. The van der Waals surface area contributed by atoms with E-state index in [2.05, 4.69) is 4.98 Å². The van der Waals surface area contributed by atoms with Gasteiger partial charge in [-0.25, -0.2) is 4.98 Å². The van der Waals surface area contributed by atoms with Crippen LogP contribution in [0.4, 0.5) is 0 Å². The Bertz CT molecular complexity index is 462. The Hall–Kier alpha value is -1.07. The number of benzene rings is 1. The first kappa shape index (κ1) is 10.4. The van der Waals surface area contributed by atoms with Crippen molar-refractivity contribution >= 4 is 39.3 Å². The first-order chi connectivity index (χ1) is 7.16. The third-order valence-corrected chi connectivity index (χ3v) is 4.12. The predicted molar refractivity (Wildman–Crippen MR) is 62.6 cm³/mol. The second-order valence-electron chi connectivity index (χ2n) is 3.05. The van der Waals surface area contributed by atoms with E-state index < -0.39 is 11.2 Å². The molecular formula is C10H9NO2S2. The maximum absolute atomic E-state index is 10.7. The van der Waals surface area contributed by atoms with Gasteiger partial charge in [0.25, 0.3) is 0 Å². The smallest absolute Gasteiger partial charge is 0.316 e. The van der Waals surface area contributed by atoms with E-state index in [9.17, 15) is 4.79 Å². The lowest BCUT2D eigenvalue weighted by molar-refractivity contribution is -0.136. The quantitative estimate of drug-likeness (QED) is 0.837. The van der Waals surface area contributed by atoms with Crippen molar-refractivity contribution in [2.75, 3.05) is 0 Å². The van der Waals surface area contributed by atoms with Gasteiger partial charge in [0, 0.05) is 0 Å². The lowest BCUT2D eigenvalue weighted by atomic mass is 10.3. The second-order valence-corrected chi connectivity index (χ2v) is 5.66. The molecule has 2 aromatic rings. The molecule has 0 aliphatic heterocycles. The lowest BCUT2D eigenvalue weighted by Crippen LogP contribution is -2.10. The number of carboxylic acid groups (broad SMARTS) is 1. The van der Waals surface area contributed by atoms with Gasteiger partial charge in [-0.05, 0) is 19.1 Å². The van der Waals surface area contributed by atoms with Gasteiger partial charge in [-0.2, -0.15) is 0 Å². The zero-order valence-electron chi connectivity index (χ0n) is 8.01. The summed E-state index contributed by atoms with van der Waals surface area (Å²) in [5.41, 5.74) is 0.933.